The topological polar surface area (TPSA) is 0 Å². The molecule has 0 radical (unpaired) electrons. The van der Waals surface area contributed by atoms with E-state index in [1.807, 2.05) is 0 Å². The summed E-state index contributed by atoms with van der Waals surface area (Å²) >= 11 is 0. The zero-order valence-corrected chi connectivity index (χ0v) is 10.7. The Kier molecular flexibility index (Phi) is 3.43. The standard InChI is InChI=1S/C17H18/c1-13(2)12-15-8-10-16(11-9-15)17-7-5-4-6-14(17)3/h4-12H,1-3H3. The predicted octanol–water partition coefficient (Wildman–Crippen LogP) is 5.09. The lowest BCUT2D eigenvalue weighted by atomic mass is 9.99. The molecule has 86 valence electrons. The summed E-state index contributed by atoms with van der Waals surface area (Å²) in [4.78, 5) is 0. The van der Waals surface area contributed by atoms with Crippen molar-refractivity contribution in [2.24, 2.45) is 0 Å². The average molecular weight is 222 g/mol. The van der Waals surface area contributed by atoms with Crippen LogP contribution in [0.15, 0.2) is 54.1 Å². The normalized spacial score (nSPS) is 10.1. The van der Waals surface area contributed by atoms with Crippen molar-refractivity contribution in [1.29, 1.82) is 0 Å². The Bertz CT molecular complexity index is 526. The van der Waals surface area contributed by atoms with Crippen molar-refractivity contribution in [3.8, 4) is 11.1 Å². The summed E-state index contributed by atoms with van der Waals surface area (Å²) in [6.07, 6.45) is 2.20. The van der Waals surface area contributed by atoms with E-state index in [1.165, 1.54) is 27.8 Å². The molecule has 2 rings (SSSR count). The van der Waals surface area contributed by atoms with E-state index >= 15 is 0 Å². The third-order valence-corrected chi connectivity index (χ3v) is 2.82. The van der Waals surface area contributed by atoms with Crippen molar-refractivity contribution >= 4 is 6.08 Å². The molecule has 0 bridgehead atoms. The first-order valence-electron chi connectivity index (χ1n) is 5.98. The first-order chi connectivity index (χ1) is 8.16. The third kappa shape index (κ3) is 2.85. The van der Waals surface area contributed by atoms with Gasteiger partial charge in [0, 0.05) is 0 Å². The van der Waals surface area contributed by atoms with Crippen molar-refractivity contribution in [3.05, 3.63) is 65.2 Å². The molecule has 0 aliphatic rings. The maximum Gasteiger partial charge on any atom is -0.0155 e. The first kappa shape index (κ1) is 11.7. The minimum Gasteiger partial charge on any atom is -0.0758 e. The summed E-state index contributed by atoms with van der Waals surface area (Å²) in [5, 5.41) is 0. The fraction of sp³-hybridized carbons (Fsp3) is 0.176. The van der Waals surface area contributed by atoms with Gasteiger partial charge in [-0.15, -0.1) is 0 Å². The number of aryl methyl sites for hydroxylation is 1. The largest absolute Gasteiger partial charge is 0.0758 e. The maximum atomic E-state index is 2.20. The summed E-state index contributed by atoms with van der Waals surface area (Å²) < 4.78 is 0. The molecule has 0 heterocycles. The Morgan fingerprint density at radius 1 is 0.882 bits per heavy atom. The van der Waals surface area contributed by atoms with E-state index in [-0.39, 0.29) is 0 Å². The SMILES string of the molecule is CC(C)=Cc1ccc(-c2ccccc2C)cc1. The van der Waals surface area contributed by atoms with Gasteiger partial charge in [0.1, 0.15) is 0 Å². The monoisotopic (exact) mass is 222 g/mol. The van der Waals surface area contributed by atoms with Crippen LogP contribution in [0.3, 0.4) is 0 Å². The molecule has 2 aromatic carbocycles. The zero-order valence-electron chi connectivity index (χ0n) is 10.7. The average Bonchev–Trinajstić information content (AvgIpc) is 2.30. The van der Waals surface area contributed by atoms with Crippen LogP contribution in [0.25, 0.3) is 17.2 Å². The number of benzene rings is 2. The Balaban J connectivity index is 2.36. The third-order valence-electron chi connectivity index (χ3n) is 2.82. The summed E-state index contributed by atoms with van der Waals surface area (Å²) in [5.74, 6) is 0. The van der Waals surface area contributed by atoms with Gasteiger partial charge >= 0.3 is 0 Å². The summed E-state index contributed by atoms with van der Waals surface area (Å²) in [5.41, 5.74) is 6.52. The van der Waals surface area contributed by atoms with E-state index in [1.54, 1.807) is 0 Å². The smallest absolute Gasteiger partial charge is 0.0155 e. The van der Waals surface area contributed by atoms with Gasteiger partial charge in [-0.25, -0.2) is 0 Å². The molecule has 0 aromatic heterocycles. The first-order valence-corrected chi connectivity index (χ1v) is 5.98. The molecule has 0 aliphatic carbocycles. The Labute approximate surface area is 104 Å². The lowest BCUT2D eigenvalue weighted by molar-refractivity contribution is 1.42. The summed E-state index contributed by atoms with van der Waals surface area (Å²) in [6, 6.07) is 17.2. The minimum absolute atomic E-state index is 1.27. The van der Waals surface area contributed by atoms with E-state index in [0.717, 1.165) is 0 Å². The van der Waals surface area contributed by atoms with Crippen LogP contribution in [-0.4, -0.2) is 0 Å². The lowest BCUT2D eigenvalue weighted by Crippen LogP contribution is -1.82. The molecule has 2 aromatic rings. The van der Waals surface area contributed by atoms with Crippen molar-refractivity contribution < 1.29 is 0 Å². The van der Waals surface area contributed by atoms with Crippen LogP contribution in [0.4, 0.5) is 0 Å². The zero-order chi connectivity index (χ0) is 12.3. The highest BCUT2D eigenvalue weighted by molar-refractivity contribution is 5.68. The highest BCUT2D eigenvalue weighted by atomic mass is 14.0. The maximum absolute atomic E-state index is 2.20. The van der Waals surface area contributed by atoms with Crippen LogP contribution < -0.4 is 0 Å². The van der Waals surface area contributed by atoms with Gasteiger partial charge in [0.05, 0.1) is 0 Å². The van der Waals surface area contributed by atoms with E-state index in [0.29, 0.717) is 0 Å². The van der Waals surface area contributed by atoms with Gasteiger partial charge in [-0.1, -0.05) is 60.2 Å². The van der Waals surface area contributed by atoms with Crippen molar-refractivity contribution in [2.75, 3.05) is 0 Å². The van der Waals surface area contributed by atoms with E-state index in [9.17, 15) is 0 Å². The molecule has 0 N–H and O–H groups in total. The van der Waals surface area contributed by atoms with Crippen LogP contribution in [0.2, 0.25) is 0 Å². The number of allylic oxidation sites excluding steroid dienone is 1. The van der Waals surface area contributed by atoms with E-state index in [4.69, 9.17) is 0 Å². The number of rotatable bonds is 2. The molecule has 0 unspecified atom stereocenters. The quantitative estimate of drug-likeness (QED) is 0.664. The summed E-state index contributed by atoms with van der Waals surface area (Å²) in [7, 11) is 0. The predicted molar refractivity (Wildman–Crippen MR) is 75.9 cm³/mol. The Hall–Kier alpha value is -1.82. The molecular weight excluding hydrogens is 204 g/mol. The second-order valence-corrected chi connectivity index (χ2v) is 4.66. The van der Waals surface area contributed by atoms with E-state index in [2.05, 4.69) is 75.4 Å². The van der Waals surface area contributed by atoms with Crippen LogP contribution in [0.1, 0.15) is 25.0 Å². The highest BCUT2D eigenvalue weighted by Crippen LogP contribution is 2.23. The second kappa shape index (κ2) is 5.01. The number of hydrogen-bond acceptors (Lipinski definition) is 0. The van der Waals surface area contributed by atoms with Gasteiger partial charge in [0.25, 0.3) is 0 Å². The van der Waals surface area contributed by atoms with Crippen LogP contribution in [-0.2, 0) is 0 Å². The van der Waals surface area contributed by atoms with Crippen LogP contribution in [0, 0.1) is 6.92 Å². The molecule has 17 heavy (non-hydrogen) atoms. The molecule has 0 amide bonds. The molecular formula is C17H18. The van der Waals surface area contributed by atoms with Gasteiger partial charge < -0.3 is 0 Å². The van der Waals surface area contributed by atoms with Gasteiger partial charge in [0.15, 0.2) is 0 Å². The highest BCUT2D eigenvalue weighted by Gasteiger charge is 1.99. The van der Waals surface area contributed by atoms with Crippen molar-refractivity contribution in [1.82, 2.24) is 0 Å². The van der Waals surface area contributed by atoms with Gasteiger partial charge in [-0.05, 0) is 43.0 Å². The fourth-order valence-electron chi connectivity index (χ4n) is 1.99. The van der Waals surface area contributed by atoms with E-state index < -0.39 is 0 Å². The Morgan fingerprint density at radius 3 is 2.12 bits per heavy atom. The molecule has 0 nitrogen and oxygen atoms in total. The molecule has 0 heteroatoms. The van der Waals surface area contributed by atoms with Crippen LogP contribution in [0.5, 0.6) is 0 Å². The Morgan fingerprint density at radius 2 is 1.53 bits per heavy atom. The van der Waals surface area contributed by atoms with Gasteiger partial charge in [0.2, 0.25) is 0 Å². The van der Waals surface area contributed by atoms with Crippen molar-refractivity contribution in [2.45, 2.75) is 20.8 Å². The second-order valence-electron chi connectivity index (χ2n) is 4.66. The van der Waals surface area contributed by atoms with Gasteiger partial charge in [-0.3, -0.25) is 0 Å². The molecule has 0 atom stereocenters. The molecule has 0 fully saturated rings. The van der Waals surface area contributed by atoms with Crippen molar-refractivity contribution in [3.63, 3.8) is 0 Å². The van der Waals surface area contributed by atoms with Crippen LogP contribution >= 0.6 is 0 Å². The summed E-state index contributed by atoms with van der Waals surface area (Å²) in [6.45, 7) is 6.39. The fourth-order valence-corrected chi connectivity index (χ4v) is 1.99. The molecule has 0 spiro atoms. The molecule has 0 saturated carbocycles. The lowest BCUT2D eigenvalue weighted by Gasteiger charge is -2.06. The molecule has 0 saturated heterocycles. The number of hydrogen-bond donors (Lipinski definition) is 0. The minimum atomic E-state index is 1.27. The van der Waals surface area contributed by atoms with Gasteiger partial charge in [-0.2, -0.15) is 0 Å². The molecule has 0 aliphatic heterocycles.